The highest BCUT2D eigenvalue weighted by Gasteiger charge is 2.30. The summed E-state index contributed by atoms with van der Waals surface area (Å²) < 4.78 is 5.34. The lowest BCUT2D eigenvalue weighted by Gasteiger charge is -2.31. The molecule has 3 rings (SSSR count). The van der Waals surface area contributed by atoms with Crippen LogP contribution in [0.2, 0.25) is 0 Å². The lowest BCUT2D eigenvalue weighted by atomic mass is 9.96. The molecule has 0 aliphatic carbocycles. The Morgan fingerprint density at radius 1 is 1.03 bits per heavy atom. The zero-order chi connectivity index (χ0) is 20.9. The van der Waals surface area contributed by atoms with Gasteiger partial charge in [-0.1, -0.05) is 71.0 Å². The van der Waals surface area contributed by atoms with Crippen LogP contribution in [0.1, 0.15) is 37.0 Å². The standard InChI is InChI=1S/C25H28NO2P/c1-5-25(3,21-15-10-16-22(28-4)23(21)27)29-24-18(2)11-9-12-19(24)17-26-20-13-7-6-8-14-20/h6-17,27,29H,5H2,1-4H3. The molecule has 0 aliphatic rings. The molecule has 3 aromatic carbocycles. The number of ether oxygens (including phenoxy) is 1. The normalized spacial score (nSPS) is 13.8. The molecule has 29 heavy (non-hydrogen) atoms. The van der Waals surface area contributed by atoms with Gasteiger partial charge < -0.3 is 9.84 Å². The van der Waals surface area contributed by atoms with Gasteiger partial charge in [0.2, 0.25) is 0 Å². The second-order valence-electron chi connectivity index (χ2n) is 7.30. The predicted octanol–water partition coefficient (Wildman–Crippen LogP) is 6.09. The largest absolute Gasteiger partial charge is 0.504 e. The van der Waals surface area contributed by atoms with Crippen molar-refractivity contribution in [1.29, 1.82) is 0 Å². The first-order valence-corrected chi connectivity index (χ1v) is 10.8. The van der Waals surface area contributed by atoms with Crippen molar-refractivity contribution in [1.82, 2.24) is 0 Å². The summed E-state index contributed by atoms with van der Waals surface area (Å²) in [5, 5.41) is 11.8. The van der Waals surface area contributed by atoms with E-state index < -0.39 is 0 Å². The van der Waals surface area contributed by atoms with Gasteiger partial charge in [-0.2, -0.15) is 0 Å². The van der Waals surface area contributed by atoms with E-state index in [0.717, 1.165) is 23.2 Å². The van der Waals surface area contributed by atoms with Gasteiger partial charge in [-0.25, -0.2) is 0 Å². The maximum Gasteiger partial charge on any atom is 0.161 e. The van der Waals surface area contributed by atoms with Gasteiger partial charge in [-0.05, 0) is 42.4 Å². The molecule has 0 fully saturated rings. The lowest BCUT2D eigenvalue weighted by Crippen LogP contribution is -2.21. The van der Waals surface area contributed by atoms with E-state index >= 15 is 0 Å². The summed E-state index contributed by atoms with van der Waals surface area (Å²) in [5.74, 6) is 0.752. The number of hydrogen-bond donors (Lipinski definition) is 1. The molecule has 2 atom stereocenters. The lowest BCUT2D eigenvalue weighted by molar-refractivity contribution is 0.367. The molecule has 150 valence electrons. The number of phenolic OH excluding ortho intramolecular Hbond substituents is 1. The third kappa shape index (κ3) is 4.68. The number of nitrogens with zero attached hydrogens (tertiary/aromatic N) is 1. The van der Waals surface area contributed by atoms with Crippen molar-refractivity contribution in [3.8, 4) is 11.5 Å². The Morgan fingerprint density at radius 3 is 2.45 bits per heavy atom. The first-order valence-electron chi connectivity index (χ1n) is 9.82. The summed E-state index contributed by atoms with van der Waals surface area (Å²) >= 11 is 0. The summed E-state index contributed by atoms with van der Waals surface area (Å²) in [6.45, 7) is 6.52. The third-order valence-electron chi connectivity index (χ3n) is 5.34. The van der Waals surface area contributed by atoms with E-state index in [9.17, 15) is 5.11 Å². The molecule has 0 saturated heterocycles. The second-order valence-corrected chi connectivity index (χ2v) is 9.15. The number of aromatic hydroxyl groups is 1. The van der Waals surface area contributed by atoms with Gasteiger partial charge in [0.25, 0.3) is 0 Å². The van der Waals surface area contributed by atoms with Gasteiger partial charge in [-0.3, -0.25) is 4.99 Å². The molecule has 0 aromatic heterocycles. The molecule has 0 aliphatic heterocycles. The Labute approximate surface area is 175 Å². The SMILES string of the molecule is CCC(C)(Pc1c(C)cccc1C=Nc1ccccc1)c1cccc(OC)c1O. The summed E-state index contributed by atoms with van der Waals surface area (Å²) in [5.41, 5.74) is 4.22. The van der Waals surface area contributed by atoms with Crippen LogP contribution in [0.15, 0.2) is 71.7 Å². The van der Waals surface area contributed by atoms with E-state index in [-0.39, 0.29) is 10.9 Å². The van der Waals surface area contributed by atoms with Crippen LogP contribution < -0.4 is 10.0 Å². The molecular weight excluding hydrogens is 377 g/mol. The van der Waals surface area contributed by atoms with Crippen LogP contribution in [0.3, 0.4) is 0 Å². The van der Waals surface area contributed by atoms with Crippen LogP contribution in [0, 0.1) is 6.92 Å². The fourth-order valence-electron chi connectivity index (χ4n) is 3.38. The van der Waals surface area contributed by atoms with Crippen molar-refractivity contribution in [3.63, 3.8) is 0 Å². The van der Waals surface area contributed by atoms with E-state index in [1.54, 1.807) is 13.2 Å². The molecule has 0 spiro atoms. The molecule has 0 amide bonds. The topological polar surface area (TPSA) is 41.8 Å². The zero-order valence-corrected chi connectivity index (χ0v) is 18.4. The van der Waals surface area contributed by atoms with Crippen molar-refractivity contribution in [2.45, 2.75) is 32.3 Å². The molecule has 3 nitrogen and oxygen atoms in total. The summed E-state index contributed by atoms with van der Waals surface area (Å²) in [6, 6.07) is 22.0. The number of phenols is 1. The summed E-state index contributed by atoms with van der Waals surface area (Å²) in [7, 11) is 2.07. The monoisotopic (exact) mass is 405 g/mol. The first kappa shape index (κ1) is 21.1. The molecular formula is C25H28NO2P. The Balaban J connectivity index is 2.01. The average molecular weight is 405 g/mol. The minimum absolute atomic E-state index is 0.208. The van der Waals surface area contributed by atoms with E-state index in [1.807, 2.05) is 48.7 Å². The Hall–Kier alpha value is -2.64. The van der Waals surface area contributed by atoms with E-state index in [1.165, 1.54) is 10.9 Å². The molecule has 0 bridgehead atoms. The highest BCUT2D eigenvalue weighted by molar-refractivity contribution is 7.49. The predicted molar refractivity (Wildman–Crippen MR) is 125 cm³/mol. The summed E-state index contributed by atoms with van der Waals surface area (Å²) in [4.78, 5) is 4.66. The molecule has 1 N–H and O–H groups in total. The maximum atomic E-state index is 10.8. The first-order chi connectivity index (χ1) is 14.0. The number of aryl methyl sites for hydroxylation is 1. The van der Waals surface area contributed by atoms with E-state index in [4.69, 9.17) is 4.74 Å². The third-order valence-corrected chi connectivity index (χ3v) is 7.44. The molecule has 0 saturated carbocycles. The molecule has 4 heteroatoms. The number of rotatable bonds is 7. The van der Waals surface area contributed by atoms with Gasteiger partial charge >= 0.3 is 0 Å². The highest BCUT2D eigenvalue weighted by Crippen LogP contribution is 2.49. The van der Waals surface area contributed by atoms with Crippen molar-refractivity contribution >= 4 is 25.8 Å². The van der Waals surface area contributed by atoms with Crippen LogP contribution in [-0.2, 0) is 5.16 Å². The van der Waals surface area contributed by atoms with Crippen molar-refractivity contribution in [3.05, 3.63) is 83.4 Å². The van der Waals surface area contributed by atoms with Gasteiger partial charge in [0, 0.05) is 22.5 Å². The quantitative estimate of drug-likeness (QED) is 0.382. The average Bonchev–Trinajstić information content (AvgIpc) is 2.75. The number of para-hydroxylation sites is 2. The maximum absolute atomic E-state index is 10.8. The van der Waals surface area contributed by atoms with Gasteiger partial charge in [0.15, 0.2) is 11.5 Å². The smallest absolute Gasteiger partial charge is 0.161 e. The molecule has 0 radical (unpaired) electrons. The van der Waals surface area contributed by atoms with Gasteiger partial charge in [0.1, 0.15) is 0 Å². The van der Waals surface area contributed by atoms with Crippen molar-refractivity contribution in [2.75, 3.05) is 7.11 Å². The number of aliphatic imine (C=N–C) groups is 1. The number of methoxy groups -OCH3 is 1. The zero-order valence-electron chi connectivity index (χ0n) is 17.4. The van der Waals surface area contributed by atoms with Crippen LogP contribution in [0.4, 0.5) is 5.69 Å². The fourth-order valence-corrected chi connectivity index (χ4v) is 5.02. The number of hydrogen-bond acceptors (Lipinski definition) is 3. The second kappa shape index (κ2) is 9.24. The summed E-state index contributed by atoms with van der Waals surface area (Å²) in [6.07, 6.45) is 2.85. The minimum Gasteiger partial charge on any atom is -0.504 e. The van der Waals surface area contributed by atoms with Crippen LogP contribution in [0.5, 0.6) is 11.5 Å². The molecule has 3 aromatic rings. The van der Waals surface area contributed by atoms with Crippen LogP contribution >= 0.6 is 8.58 Å². The Bertz CT molecular complexity index is 1000. The Morgan fingerprint density at radius 2 is 1.76 bits per heavy atom. The van der Waals surface area contributed by atoms with Crippen molar-refractivity contribution in [2.24, 2.45) is 4.99 Å². The van der Waals surface area contributed by atoms with Crippen LogP contribution in [-0.4, -0.2) is 18.4 Å². The van der Waals surface area contributed by atoms with Crippen LogP contribution in [0.25, 0.3) is 0 Å². The fraction of sp³-hybridized carbons (Fsp3) is 0.240. The van der Waals surface area contributed by atoms with E-state index in [2.05, 4.69) is 44.0 Å². The molecule has 2 unspecified atom stereocenters. The van der Waals surface area contributed by atoms with E-state index in [0.29, 0.717) is 14.3 Å². The minimum atomic E-state index is -0.208. The Kier molecular flexibility index (Phi) is 6.71. The highest BCUT2D eigenvalue weighted by atomic mass is 31.1. The van der Waals surface area contributed by atoms with Gasteiger partial charge in [-0.15, -0.1) is 0 Å². The number of benzene rings is 3. The van der Waals surface area contributed by atoms with Gasteiger partial charge in [0.05, 0.1) is 12.8 Å². The molecule has 0 heterocycles. The van der Waals surface area contributed by atoms with Crippen molar-refractivity contribution < 1.29 is 9.84 Å².